The van der Waals surface area contributed by atoms with Crippen molar-refractivity contribution >= 4 is 5.91 Å². The number of piperidine rings is 1. The molecule has 0 aromatic carbocycles. The van der Waals surface area contributed by atoms with Gasteiger partial charge in [-0.1, -0.05) is 0 Å². The highest BCUT2D eigenvalue weighted by Gasteiger charge is 2.31. The summed E-state index contributed by atoms with van der Waals surface area (Å²) in [7, 11) is 1.84. The summed E-state index contributed by atoms with van der Waals surface area (Å²) in [6.45, 7) is 2.83. The van der Waals surface area contributed by atoms with Crippen molar-refractivity contribution in [2.24, 2.45) is 0 Å². The fraction of sp³-hybridized carbons (Fsp3) is 0.583. The molecule has 0 spiro atoms. The van der Waals surface area contributed by atoms with Gasteiger partial charge >= 0.3 is 0 Å². The molecule has 0 aliphatic carbocycles. The van der Waals surface area contributed by atoms with Crippen molar-refractivity contribution in [3.05, 3.63) is 24.2 Å². The zero-order valence-electron chi connectivity index (χ0n) is 9.77. The second-order valence-electron chi connectivity index (χ2n) is 4.21. The zero-order chi connectivity index (χ0) is 11.5. The maximum atomic E-state index is 12.1. The van der Waals surface area contributed by atoms with Gasteiger partial charge in [0.05, 0.1) is 18.3 Å². The van der Waals surface area contributed by atoms with Gasteiger partial charge in [0, 0.05) is 6.54 Å². The maximum absolute atomic E-state index is 12.1. The Balaban J connectivity index is 2.11. The highest BCUT2D eigenvalue weighted by Crippen LogP contribution is 2.25. The molecule has 1 fully saturated rings. The number of nitrogens with zero attached hydrogens (tertiary/aromatic N) is 1. The highest BCUT2D eigenvalue weighted by atomic mass is 16.3. The lowest BCUT2D eigenvalue weighted by atomic mass is 10.0. The van der Waals surface area contributed by atoms with Gasteiger partial charge in [-0.2, -0.15) is 0 Å². The quantitative estimate of drug-likeness (QED) is 0.844. The Kier molecular flexibility index (Phi) is 3.29. The van der Waals surface area contributed by atoms with Gasteiger partial charge in [-0.25, -0.2) is 0 Å². The zero-order valence-corrected chi connectivity index (χ0v) is 9.77. The predicted molar refractivity (Wildman–Crippen MR) is 60.9 cm³/mol. The van der Waals surface area contributed by atoms with Crippen molar-refractivity contribution in [1.82, 2.24) is 10.2 Å². The van der Waals surface area contributed by atoms with E-state index >= 15 is 0 Å². The summed E-state index contributed by atoms with van der Waals surface area (Å²) in [5.74, 6) is 1.03. The molecule has 4 nitrogen and oxygen atoms in total. The minimum Gasteiger partial charge on any atom is -0.467 e. The molecular weight excluding hydrogens is 204 g/mol. The maximum Gasteiger partial charge on any atom is 0.240 e. The first-order valence-corrected chi connectivity index (χ1v) is 5.75. The van der Waals surface area contributed by atoms with Gasteiger partial charge < -0.3 is 14.6 Å². The lowest BCUT2D eigenvalue weighted by Gasteiger charge is -2.35. The summed E-state index contributed by atoms with van der Waals surface area (Å²) >= 11 is 0. The third-order valence-corrected chi connectivity index (χ3v) is 3.24. The Morgan fingerprint density at radius 2 is 2.44 bits per heavy atom. The van der Waals surface area contributed by atoms with Crippen LogP contribution in [0.5, 0.6) is 0 Å². The fourth-order valence-corrected chi connectivity index (χ4v) is 2.23. The molecule has 1 N–H and O–H groups in total. The van der Waals surface area contributed by atoms with Crippen LogP contribution in [-0.4, -0.2) is 30.4 Å². The van der Waals surface area contributed by atoms with Crippen LogP contribution < -0.4 is 5.32 Å². The van der Waals surface area contributed by atoms with E-state index in [0.717, 1.165) is 25.1 Å². The number of rotatable bonds is 3. The third kappa shape index (κ3) is 1.97. The number of carbonyl (C=O) groups excluding carboxylic acids is 1. The first kappa shape index (κ1) is 11.2. The van der Waals surface area contributed by atoms with E-state index in [0.29, 0.717) is 0 Å². The summed E-state index contributed by atoms with van der Waals surface area (Å²) in [6.07, 6.45) is 3.62. The highest BCUT2D eigenvalue weighted by molar-refractivity contribution is 5.82. The van der Waals surface area contributed by atoms with Crippen LogP contribution in [0.4, 0.5) is 0 Å². The summed E-state index contributed by atoms with van der Waals surface area (Å²) in [6, 6.07) is 3.77. The number of carbonyl (C=O) groups is 1. The molecule has 2 heterocycles. The summed E-state index contributed by atoms with van der Waals surface area (Å²) in [4.78, 5) is 14.0. The molecule has 1 aliphatic heterocycles. The number of likely N-dealkylation sites (tertiary alicyclic amines) is 1. The van der Waals surface area contributed by atoms with Gasteiger partial charge in [-0.15, -0.1) is 0 Å². The molecule has 0 saturated carbocycles. The van der Waals surface area contributed by atoms with Crippen LogP contribution in [0.3, 0.4) is 0 Å². The molecule has 2 unspecified atom stereocenters. The molecule has 4 heteroatoms. The lowest BCUT2D eigenvalue weighted by Crippen LogP contribution is -2.50. The Hall–Kier alpha value is -1.29. The molecule has 1 aliphatic rings. The molecule has 0 radical (unpaired) electrons. The van der Waals surface area contributed by atoms with Crippen LogP contribution >= 0.6 is 0 Å². The van der Waals surface area contributed by atoms with Crippen LogP contribution in [0, 0.1) is 0 Å². The lowest BCUT2D eigenvalue weighted by molar-refractivity contribution is -0.138. The van der Waals surface area contributed by atoms with Crippen LogP contribution in [0.15, 0.2) is 22.8 Å². The standard InChI is InChI=1S/C12H18N2O2/c1-9(11-6-4-8-16-11)14-7-3-5-10(13-2)12(14)15/h4,6,8-10,13H,3,5,7H2,1-2H3. The van der Waals surface area contributed by atoms with Crippen molar-refractivity contribution in [2.45, 2.75) is 31.8 Å². The number of furan rings is 1. The van der Waals surface area contributed by atoms with E-state index in [1.165, 1.54) is 0 Å². The minimum absolute atomic E-state index is 0.0265. The fourth-order valence-electron chi connectivity index (χ4n) is 2.23. The Labute approximate surface area is 95.6 Å². The monoisotopic (exact) mass is 222 g/mol. The molecule has 16 heavy (non-hydrogen) atoms. The summed E-state index contributed by atoms with van der Waals surface area (Å²) in [5.41, 5.74) is 0. The van der Waals surface area contributed by atoms with Crippen LogP contribution in [-0.2, 0) is 4.79 Å². The van der Waals surface area contributed by atoms with E-state index in [2.05, 4.69) is 5.32 Å². The third-order valence-electron chi connectivity index (χ3n) is 3.24. The van der Waals surface area contributed by atoms with Gasteiger partial charge in [0.25, 0.3) is 0 Å². The SMILES string of the molecule is CNC1CCCN(C(C)c2ccco2)C1=O. The van der Waals surface area contributed by atoms with Crippen molar-refractivity contribution in [3.8, 4) is 0 Å². The van der Waals surface area contributed by atoms with Crippen LogP contribution in [0.25, 0.3) is 0 Å². The molecule has 1 amide bonds. The largest absolute Gasteiger partial charge is 0.467 e. The molecule has 1 aromatic heterocycles. The predicted octanol–water partition coefficient (Wildman–Crippen LogP) is 1.55. The second-order valence-corrected chi connectivity index (χ2v) is 4.21. The van der Waals surface area contributed by atoms with Gasteiger partial charge in [0.2, 0.25) is 5.91 Å². The van der Waals surface area contributed by atoms with Crippen molar-refractivity contribution in [1.29, 1.82) is 0 Å². The molecule has 1 aromatic rings. The topological polar surface area (TPSA) is 45.5 Å². The van der Waals surface area contributed by atoms with E-state index in [9.17, 15) is 4.79 Å². The first-order chi connectivity index (χ1) is 7.74. The molecular formula is C12H18N2O2. The van der Waals surface area contributed by atoms with Crippen LogP contribution in [0.2, 0.25) is 0 Å². The van der Waals surface area contributed by atoms with E-state index in [4.69, 9.17) is 4.42 Å². The van der Waals surface area contributed by atoms with Gasteiger partial charge in [0.1, 0.15) is 5.76 Å². The van der Waals surface area contributed by atoms with Gasteiger partial charge in [-0.05, 0) is 38.9 Å². The molecule has 1 saturated heterocycles. The van der Waals surface area contributed by atoms with Gasteiger partial charge in [-0.3, -0.25) is 4.79 Å². The Morgan fingerprint density at radius 1 is 1.62 bits per heavy atom. The first-order valence-electron chi connectivity index (χ1n) is 5.75. The minimum atomic E-state index is -0.0360. The van der Waals surface area contributed by atoms with Crippen molar-refractivity contribution < 1.29 is 9.21 Å². The van der Waals surface area contributed by atoms with E-state index in [-0.39, 0.29) is 18.0 Å². The normalized spacial score (nSPS) is 23.5. The number of hydrogen-bond donors (Lipinski definition) is 1. The van der Waals surface area contributed by atoms with Crippen molar-refractivity contribution in [3.63, 3.8) is 0 Å². The number of amides is 1. The average Bonchev–Trinajstić information content (AvgIpc) is 2.82. The summed E-state index contributed by atoms with van der Waals surface area (Å²) < 4.78 is 5.35. The number of likely N-dealkylation sites (N-methyl/N-ethyl adjacent to an activating group) is 1. The van der Waals surface area contributed by atoms with E-state index in [1.54, 1.807) is 6.26 Å². The van der Waals surface area contributed by atoms with E-state index < -0.39 is 0 Å². The number of nitrogens with one attached hydrogen (secondary N) is 1. The van der Waals surface area contributed by atoms with E-state index in [1.807, 2.05) is 31.0 Å². The summed E-state index contributed by atoms with van der Waals surface area (Å²) in [5, 5.41) is 3.06. The molecule has 0 bridgehead atoms. The van der Waals surface area contributed by atoms with Gasteiger partial charge in [0.15, 0.2) is 0 Å². The smallest absolute Gasteiger partial charge is 0.240 e. The average molecular weight is 222 g/mol. The Morgan fingerprint density at radius 3 is 3.06 bits per heavy atom. The molecule has 2 atom stereocenters. The Bertz CT molecular complexity index is 348. The molecule has 88 valence electrons. The van der Waals surface area contributed by atoms with Crippen molar-refractivity contribution in [2.75, 3.05) is 13.6 Å². The second kappa shape index (κ2) is 4.70. The number of hydrogen-bond acceptors (Lipinski definition) is 3. The van der Waals surface area contributed by atoms with Crippen LogP contribution in [0.1, 0.15) is 31.6 Å². The molecule has 2 rings (SSSR count).